The molecule has 3 aromatic rings. The zero-order valence-corrected chi connectivity index (χ0v) is 17.0. The highest BCUT2D eigenvalue weighted by atomic mass is 32.1. The van der Waals surface area contributed by atoms with Crippen molar-refractivity contribution in [2.75, 3.05) is 5.32 Å². The molecule has 1 atom stereocenters. The topological polar surface area (TPSA) is 98.6 Å². The average molecular weight is 404 g/mol. The summed E-state index contributed by atoms with van der Waals surface area (Å²) in [6.07, 6.45) is 4.64. The number of amides is 1. The molecule has 1 amide bonds. The second kappa shape index (κ2) is 7.64. The van der Waals surface area contributed by atoms with Gasteiger partial charge in [0.1, 0.15) is 10.9 Å². The lowest BCUT2D eigenvalue weighted by Crippen LogP contribution is -2.14. The minimum Gasteiger partial charge on any atom is -0.326 e. The van der Waals surface area contributed by atoms with Gasteiger partial charge in [0.25, 0.3) is 5.56 Å². The average Bonchev–Trinajstić information content (AvgIpc) is 3.04. The monoisotopic (exact) mass is 404 g/mol. The van der Waals surface area contributed by atoms with Crippen molar-refractivity contribution < 1.29 is 4.79 Å². The van der Waals surface area contributed by atoms with Gasteiger partial charge in [0, 0.05) is 17.5 Å². The summed E-state index contributed by atoms with van der Waals surface area (Å²) in [5, 5.41) is 13.0. The third-order valence-electron chi connectivity index (χ3n) is 5.08. The van der Waals surface area contributed by atoms with Crippen LogP contribution in [0.4, 0.5) is 5.69 Å². The summed E-state index contributed by atoms with van der Waals surface area (Å²) in [4.78, 5) is 33.2. The number of aromatic nitrogens is 2. The number of allylic oxidation sites excluding steroid dienone is 1. The lowest BCUT2D eigenvalue weighted by Gasteiger charge is -2.17. The van der Waals surface area contributed by atoms with E-state index in [-0.39, 0.29) is 22.9 Å². The molecular formula is C22H20N4O2S. The lowest BCUT2D eigenvalue weighted by molar-refractivity contribution is -0.114. The summed E-state index contributed by atoms with van der Waals surface area (Å²) in [5.41, 5.74) is 2.69. The molecule has 1 aliphatic carbocycles. The number of benzene rings is 1. The Morgan fingerprint density at radius 1 is 1.38 bits per heavy atom. The Bertz CT molecular complexity index is 1230. The van der Waals surface area contributed by atoms with E-state index in [4.69, 9.17) is 0 Å². The van der Waals surface area contributed by atoms with Crippen LogP contribution in [0.5, 0.6) is 0 Å². The van der Waals surface area contributed by atoms with Gasteiger partial charge >= 0.3 is 0 Å². The van der Waals surface area contributed by atoms with E-state index < -0.39 is 0 Å². The molecule has 0 saturated carbocycles. The molecule has 2 heterocycles. The molecule has 4 rings (SSSR count). The fourth-order valence-corrected chi connectivity index (χ4v) is 5.05. The van der Waals surface area contributed by atoms with Crippen LogP contribution in [0.2, 0.25) is 0 Å². The van der Waals surface area contributed by atoms with Gasteiger partial charge in [-0.1, -0.05) is 19.1 Å². The summed E-state index contributed by atoms with van der Waals surface area (Å²) < 4.78 is 0. The van der Waals surface area contributed by atoms with Gasteiger partial charge < -0.3 is 10.3 Å². The smallest absolute Gasteiger partial charge is 0.260 e. The zero-order chi connectivity index (χ0) is 20.5. The van der Waals surface area contributed by atoms with Crippen molar-refractivity contribution in [1.82, 2.24) is 9.97 Å². The molecule has 7 heteroatoms. The first-order valence-corrected chi connectivity index (χ1v) is 10.3. The predicted molar refractivity (Wildman–Crippen MR) is 116 cm³/mol. The first kappa shape index (κ1) is 19.1. The van der Waals surface area contributed by atoms with E-state index in [1.807, 2.05) is 0 Å². The number of nitrogens with one attached hydrogen (secondary N) is 2. The maximum Gasteiger partial charge on any atom is 0.260 e. The minimum absolute atomic E-state index is 0.144. The zero-order valence-electron chi connectivity index (χ0n) is 16.2. The summed E-state index contributed by atoms with van der Waals surface area (Å²) in [6.45, 7) is 3.67. The van der Waals surface area contributed by atoms with Crippen molar-refractivity contribution in [3.8, 4) is 6.07 Å². The van der Waals surface area contributed by atoms with Crippen LogP contribution in [0.15, 0.2) is 29.1 Å². The predicted octanol–water partition coefficient (Wildman–Crippen LogP) is 4.13. The molecule has 0 radical (unpaired) electrons. The van der Waals surface area contributed by atoms with E-state index in [1.54, 1.807) is 41.7 Å². The normalized spacial score (nSPS) is 16.3. The Morgan fingerprint density at radius 3 is 2.83 bits per heavy atom. The summed E-state index contributed by atoms with van der Waals surface area (Å²) >= 11 is 1.57. The maximum atomic E-state index is 12.8. The van der Waals surface area contributed by atoms with E-state index in [2.05, 4.69) is 28.3 Å². The fraction of sp³-hybridized carbons (Fsp3) is 0.273. The number of anilines is 1. The van der Waals surface area contributed by atoms with E-state index >= 15 is 0 Å². The van der Waals surface area contributed by atoms with Gasteiger partial charge in [0.15, 0.2) is 5.82 Å². The van der Waals surface area contributed by atoms with Crippen molar-refractivity contribution in [3.63, 3.8) is 0 Å². The SMILES string of the molecule is CC(=O)Nc1ccc(C=C(C#N)c2nc3sc4c(c3c(=O)[nH]2)CCC(C)C4)cc1. The molecule has 1 unspecified atom stereocenters. The van der Waals surface area contributed by atoms with E-state index in [0.29, 0.717) is 21.8 Å². The molecule has 0 aliphatic heterocycles. The molecule has 29 heavy (non-hydrogen) atoms. The third kappa shape index (κ3) is 3.84. The minimum atomic E-state index is -0.181. The molecule has 146 valence electrons. The standard InChI is InChI=1S/C22H20N4O2S/c1-12-3-8-17-18(9-12)29-22-19(17)21(28)25-20(26-22)15(11-23)10-14-4-6-16(7-5-14)24-13(2)27/h4-7,10,12H,3,8-9H2,1-2H3,(H,24,27)(H,25,26,28). The number of hydrogen-bond donors (Lipinski definition) is 2. The third-order valence-corrected chi connectivity index (χ3v) is 6.23. The van der Waals surface area contributed by atoms with Crippen LogP contribution in [0.1, 0.15) is 42.1 Å². The number of nitriles is 1. The first-order chi connectivity index (χ1) is 13.9. The second-order valence-electron chi connectivity index (χ2n) is 7.42. The van der Waals surface area contributed by atoms with Gasteiger partial charge in [0.05, 0.1) is 11.0 Å². The Morgan fingerprint density at radius 2 is 2.14 bits per heavy atom. The number of aromatic amines is 1. The van der Waals surface area contributed by atoms with Gasteiger partial charge in [0.2, 0.25) is 5.91 Å². The molecule has 0 saturated heterocycles. The number of aryl methyl sites for hydroxylation is 1. The number of thiophene rings is 1. The number of fused-ring (bicyclic) bond motifs is 3. The largest absolute Gasteiger partial charge is 0.326 e. The Balaban J connectivity index is 1.72. The van der Waals surface area contributed by atoms with Crippen LogP contribution in [-0.2, 0) is 17.6 Å². The molecule has 0 bridgehead atoms. The van der Waals surface area contributed by atoms with Gasteiger partial charge in [-0.3, -0.25) is 9.59 Å². The molecule has 2 aromatic heterocycles. The molecular weight excluding hydrogens is 384 g/mol. The molecule has 0 fully saturated rings. The molecule has 0 spiro atoms. The highest BCUT2D eigenvalue weighted by Gasteiger charge is 2.23. The molecule has 2 N–H and O–H groups in total. The van der Waals surface area contributed by atoms with Crippen molar-refractivity contribution in [2.24, 2.45) is 5.92 Å². The van der Waals surface area contributed by atoms with Crippen LogP contribution in [0, 0.1) is 17.2 Å². The number of nitrogens with zero attached hydrogens (tertiary/aromatic N) is 2. The first-order valence-electron chi connectivity index (χ1n) is 9.49. The van der Waals surface area contributed by atoms with Crippen LogP contribution in [0.3, 0.4) is 0 Å². The highest BCUT2D eigenvalue weighted by Crippen LogP contribution is 2.35. The summed E-state index contributed by atoms with van der Waals surface area (Å²) in [5.74, 6) is 0.751. The van der Waals surface area contributed by atoms with Crippen LogP contribution >= 0.6 is 11.3 Å². The number of hydrogen-bond acceptors (Lipinski definition) is 5. The van der Waals surface area contributed by atoms with E-state index in [1.165, 1.54) is 11.8 Å². The number of carbonyl (C=O) groups excluding carboxylic acids is 1. The van der Waals surface area contributed by atoms with Crippen LogP contribution in [0.25, 0.3) is 21.9 Å². The van der Waals surface area contributed by atoms with Gasteiger partial charge in [-0.05, 0) is 54.5 Å². The Kier molecular flexibility index (Phi) is 5.03. The van der Waals surface area contributed by atoms with Gasteiger partial charge in [-0.15, -0.1) is 11.3 Å². The van der Waals surface area contributed by atoms with Gasteiger partial charge in [-0.25, -0.2) is 4.98 Å². The highest BCUT2D eigenvalue weighted by molar-refractivity contribution is 7.18. The fourth-order valence-electron chi connectivity index (χ4n) is 3.66. The van der Waals surface area contributed by atoms with Gasteiger partial charge in [-0.2, -0.15) is 5.26 Å². The van der Waals surface area contributed by atoms with Crippen LogP contribution in [-0.4, -0.2) is 15.9 Å². The van der Waals surface area contributed by atoms with Crippen molar-refractivity contribution in [2.45, 2.75) is 33.1 Å². The summed E-state index contributed by atoms with van der Waals surface area (Å²) in [6, 6.07) is 9.25. The van der Waals surface area contributed by atoms with Crippen molar-refractivity contribution >= 4 is 44.8 Å². The maximum absolute atomic E-state index is 12.8. The van der Waals surface area contributed by atoms with E-state index in [0.717, 1.165) is 30.4 Å². The van der Waals surface area contributed by atoms with Crippen LogP contribution < -0.4 is 10.9 Å². The number of carbonyl (C=O) groups is 1. The Hall–Kier alpha value is -3.24. The number of H-pyrrole nitrogens is 1. The van der Waals surface area contributed by atoms with E-state index in [9.17, 15) is 14.9 Å². The van der Waals surface area contributed by atoms with Crippen molar-refractivity contribution in [1.29, 1.82) is 5.26 Å². The Labute approximate surface area is 171 Å². The number of rotatable bonds is 3. The van der Waals surface area contributed by atoms with Crippen molar-refractivity contribution in [3.05, 3.63) is 56.4 Å². The molecule has 6 nitrogen and oxygen atoms in total. The lowest BCUT2D eigenvalue weighted by atomic mass is 9.89. The second-order valence-corrected chi connectivity index (χ2v) is 8.50. The summed E-state index contributed by atoms with van der Waals surface area (Å²) in [7, 11) is 0. The molecule has 1 aliphatic rings. The molecule has 1 aromatic carbocycles. The quantitative estimate of drug-likeness (QED) is 0.641.